The standard InChI is InChI=1S/C14H25N9O7S/c1-7(15)20-23(16)9-4-10(17-5-9)12(24)18-19-13(25)11-3-2-8-6-21(11)14(26)22(8)30-31(27,28)29/h8-11,17H,2-6,16H2,1H3,(H2,15,20)(H,18,24)(H,19,25)(H,27,28,29)/t8-,9-,10-,11-/m0/s1. The van der Waals surface area contributed by atoms with E-state index in [2.05, 4.69) is 25.6 Å². The minimum absolute atomic E-state index is 0.0413. The highest BCUT2D eigenvalue weighted by Gasteiger charge is 2.49. The van der Waals surface area contributed by atoms with E-state index in [4.69, 9.17) is 16.1 Å². The SMILES string of the molecule is C/C(N)=N/N(N)[C@@H]1CN[C@H](C(=O)NNC(=O)[C@@H]2CC[C@H]3CN2C(=O)N3OS(=O)(=O)O)C1. The van der Waals surface area contributed by atoms with Crippen molar-refractivity contribution in [1.29, 1.82) is 0 Å². The number of hydrazine groups is 2. The normalized spacial score (nSPS) is 28.6. The van der Waals surface area contributed by atoms with Crippen LogP contribution in [0.4, 0.5) is 4.79 Å². The van der Waals surface area contributed by atoms with E-state index in [1.165, 1.54) is 5.12 Å². The third kappa shape index (κ3) is 5.31. The van der Waals surface area contributed by atoms with Gasteiger partial charge >= 0.3 is 16.4 Å². The zero-order chi connectivity index (χ0) is 22.9. The Bertz CT molecular complexity index is 877. The van der Waals surface area contributed by atoms with Crippen molar-refractivity contribution in [2.24, 2.45) is 16.7 Å². The molecule has 3 saturated heterocycles. The van der Waals surface area contributed by atoms with Crippen molar-refractivity contribution in [2.75, 3.05) is 13.1 Å². The molecule has 4 atom stereocenters. The van der Waals surface area contributed by atoms with Gasteiger partial charge in [0, 0.05) is 13.1 Å². The van der Waals surface area contributed by atoms with E-state index in [0.29, 0.717) is 18.0 Å². The second kappa shape index (κ2) is 8.79. The summed E-state index contributed by atoms with van der Waals surface area (Å²) in [5, 5.41) is 8.57. The first-order chi connectivity index (χ1) is 14.5. The number of hydroxylamine groups is 2. The smallest absolute Gasteiger partial charge is 0.386 e. The first-order valence-electron chi connectivity index (χ1n) is 9.41. The Kier molecular flexibility index (Phi) is 6.51. The van der Waals surface area contributed by atoms with E-state index in [1.807, 2.05) is 0 Å². The van der Waals surface area contributed by atoms with Crippen molar-refractivity contribution in [3.8, 4) is 0 Å². The number of nitrogens with two attached hydrogens (primary N) is 2. The van der Waals surface area contributed by atoms with Crippen LogP contribution >= 0.6 is 0 Å². The molecule has 0 aromatic heterocycles. The Balaban J connectivity index is 1.51. The van der Waals surface area contributed by atoms with Crippen molar-refractivity contribution >= 4 is 34.1 Å². The lowest BCUT2D eigenvalue weighted by Crippen LogP contribution is -2.56. The number of fused-ring (bicyclic) bond motifs is 2. The van der Waals surface area contributed by atoms with Gasteiger partial charge in [0.05, 0.1) is 18.1 Å². The van der Waals surface area contributed by atoms with Gasteiger partial charge < -0.3 is 16.0 Å². The molecule has 8 N–H and O–H groups in total. The molecule has 2 bridgehead atoms. The number of hydrazone groups is 1. The summed E-state index contributed by atoms with van der Waals surface area (Å²) in [5.41, 5.74) is 10.1. The highest BCUT2D eigenvalue weighted by atomic mass is 32.3. The lowest BCUT2D eigenvalue weighted by molar-refractivity contribution is -0.132. The van der Waals surface area contributed by atoms with Gasteiger partial charge in [-0.2, -0.15) is 13.5 Å². The van der Waals surface area contributed by atoms with Crippen LogP contribution in [0.1, 0.15) is 26.2 Å². The number of carbonyl (C=O) groups is 3. The Morgan fingerprint density at radius 1 is 1.32 bits per heavy atom. The summed E-state index contributed by atoms with van der Waals surface area (Å²) in [5.74, 6) is 4.90. The highest BCUT2D eigenvalue weighted by molar-refractivity contribution is 7.80. The molecule has 3 aliphatic rings. The lowest BCUT2D eigenvalue weighted by Gasteiger charge is -2.29. The van der Waals surface area contributed by atoms with Gasteiger partial charge in [-0.1, -0.05) is 0 Å². The van der Waals surface area contributed by atoms with Crippen molar-refractivity contribution in [3.63, 3.8) is 0 Å². The first kappa shape index (κ1) is 22.9. The molecule has 3 rings (SSSR count). The number of hydrogen-bond donors (Lipinski definition) is 6. The number of urea groups is 1. The molecule has 3 heterocycles. The highest BCUT2D eigenvalue weighted by Crippen LogP contribution is 2.30. The molecule has 0 aliphatic carbocycles. The summed E-state index contributed by atoms with van der Waals surface area (Å²) in [4.78, 5) is 38.3. The molecule has 0 aromatic carbocycles. The van der Waals surface area contributed by atoms with E-state index in [0.717, 1.165) is 4.90 Å². The van der Waals surface area contributed by atoms with E-state index < -0.39 is 46.4 Å². The largest absolute Gasteiger partial charge is 0.418 e. The van der Waals surface area contributed by atoms with Crippen molar-refractivity contribution in [1.82, 2.24) is 31.2 Å². The van der Waals surface area contributed by atoms with Gasteiger partial charge in [0.2, 0.25) is 0 Å². The maximum Gasteiger partial charge on any atom is 0.418 e. The van der Waals surface area contributed by atoms with Gasteiger partial charge in [-0.25, -0.2) is 15.8 Å². The number of rotatable bonds is 6. The van der Waals surface area contributed by atoms with Gasteiger partial charge in [0.15, 0.2) is 0 Å². The zero-order valence-corrected chi connectivity index (χ0v) is 17.4. The first-order valence-corrected chi connectivity index (χ1v) is 10.8. The fraction of sp³-hybridized carbons (Fsp3) is 0.714. The molecular weight excluding hydrogens is 438 g/mol. The Hall–Kier alpha value is -2.73. The number of nitrogens with zero attached hydrogens (tertiary/aromatic N) is 4. The second-order valence-electron chi connectivity index (χ2n) is 7.46. The molecule has 174 valence electrons. The zero-order valence-electron chi connectivity index (χ0n) is 16.6. The van der Waals surface area contributed by atoms with Crippen LogP contribution in [-0.2, 0) is 24.3 Å². The van der Waals surface area contributed by atoms with E-state index in [9.17, 15) is 22.8 Å². The number of amides is 4. The molecule has 17 heteroatoms. The van der Waals surface area contributed by atoms with Gasteiger partial charge in [-0.3, -0.25) is 25.0 Å². The minimum atomic E-state index is -4.88. The van der Waals surface area contributed by atoms with E-state index in [1.54, 1.807) is 6.92 Å². The van der Waals surface area contributed by atoms with Gasteiger partial charge in [-0.15, -0.1) is 9.39 Å². The molecule has 0 radical (unpaired) electrons. The molecule has 4 amide bonds. The van der Waals surface area contributed by atoms with E-state index >= 15 is 0 Å². The average molecular weight is 463 g/mol. The predicted molar refractivity (Wildman–Crippen MR) is 103 cm³/mol. The molecule has 3 aliphatic heterocycles. The summed E-state index contributed by atoms with van der Waals surface area (Å²) >= 11 is 0. The predicted octanol–water partition coefficient (Wildman–Crippen LogP) is -3.66. The van der Waals surface area contributed by atoms with Crippen LogP contribution in [0.2, 0.25) is 0 Å². The number of amidine groups is 1. The van der Waals surface area contributed by atoms with E-state index in [-0.39, 0.29) is 31.3 Å². The van der Waals surface area contributed by atoms with Gasteiger partial charge in [0.25, 0.3) is 11.8 Å². The Morgan fingerprint density at radius 2 is 2.00 bits per heavy atom. The van der Waals surface area contributed by atoms with Gasteiger partial charge in [-0.05, 0) is 26.2 Å². The van der Waals surface area contributed by atoms with Crippen LogP contribution < -0.4 is 27.7 Å². The monoisotopic (exact) mass is 463 g/mol. The van der Waals surface area contributed by atoms with Crippen LogP contribution in [0.5, 0.6) is 0 Å². The van der Waals surface area contributed by atoms with Gasteiger partial charge in [0.1, 0.15) is 11.9 Å². The molecule has 0 spiro atoms. The number of nitrogens with one attached hydrogen (secondary N) is 3. The molecular formula is C14H25N9O7S. The fourth-order valence-electron chi connectivity index (χ4n) is 3.78. The van der Waals surface area contributed by atoms with Crippen LogP contribution in [0.25, 0.3) is 0 Å². The maximum absolute atomic E-state index is 12.5. The summed E-state index contributed by atoms with van der Waals surface area (Å²) in [6.07, 6.45) is 0.807. The minimum Gasteiger partial charge on any atom is -0.386 e. The third-order valence-electron chi connectivity index (χ3n) is 5.18. The summed E-state index contributed by atoms with van der Waals surface area (Å²) in [6.45, 7) is 2.00. The average Bonchev–Trinajstić information content (AvgIpc) is 3.25. The quantitative estimate of drug-likeness (QED) is 0.0739. The van der Waals surface area contributed by atoms with Crippen LogP contribution in [0, 0.1) is 0 Å². The van der Waals surface area contributed by atoms with Crippen molar-refractivity contribution in [2.45, 2.75) is 50.4 Å². The second-order valence-corrected chi connectivity index (χ2v) is 8.46. The topological polar surface area (TPSA) is 225 Å². The van der Waals surface area contributed by atoms with Crippen molar-refractivity contribution < 1.29 is 31.6 Å². The fourth-order valence-corrected chi connectivity index (χ4v) is 4.17. The number of carbonyl (C=O) groups excluding carboxylic acids is 3. The number of piperidine rings is 1. The maximum atomic E-state index is 12.5. The lowest BCUT2D eigenvalue weighted by atomic mass is 10.0. The Labute approximate surface area is 177 Å². The van der Waals surface area contributed by atoms with Crippen LogP contribution in [0.15, 0.2) is 5.10 Å². The molecule has 16 nitrogen and oxygen atoms in total. The third-order valence-corrected chi connectivity index (χ3v) is 5.53. The summed E-state index contributed by atoms with van der Waals surface area (Å²) in [6, 6.07) is -3.33. The van der Waals surface area contributed by atoms with Crippen LogP contribution in [0.3, 0.4) is 0 Å². The molecule has 0 aromatic rings. The molecule has 3 fully saturated rings. The van der Waals surface area contributed by atoms with Crippen molar-refractivity contribution in [3.05, 3.63) is 0 Å². The molecule has 31 heavy (non-hydrogen) atoms. The van der Waals surface area contributed by atoms with Crippen LogP contribution in [-0.4, -0.2) is 89.0 Å². The summed E-state index contributed by atoms with van der Waals surface area (Å²) < 4.78 is 35.0. The molecule has 0 unspecified atom stereocenters. The number of hydrogen-bond acceptors (Lipinski definition) is 10. The molecule has 0 saturated carbocycles. The Morgan fingerprint density at radius 3 is 2.65 bits per heavy atom. The summed E-state index contributed by atoms with van der Waals surface area (Å²) in [7, 11) is -4.88.